The summed E-state index contributed by atoms with van der Waals surface area (Å²) < 4.78 is 0. The molecule has 2 atom stereocenters. The second-order valence-corrected chi connectivity index (χ2v) is 7.77. The maximum absolute atomic E-state index is 12.4. The molecule has 2 aliphatic heterocycles. The summed E-state index contributed by atoms with van der Waals surface area (Å²) in [5, 5.41) is 0. The van der Waals surface area contributed by atoms with Gasteiger partial charge in [-0.1, -0.05) is 43.2 Å². The summed E-state index contributed by atoms with van der Waals surface area (Å²) in [5.74, 6) is 0.721. The molecule has 1 saturated carbocycles. The van der Waals surface area contributed by atoms with Crippen LogP contribution in [0.3, 0.4) is 0 Å². The van der Waals surface area contributed by atoms with Crippen LogP contribution in [0.5, 0.6) is 0 Å². The number of benzene rings is 1. The third-order valence-corrected chi connectivity index (χ3v) is 6.65. The van der Waals surface area contributed by atoms with Crippen LogP contribution in [0.1, 0.15) is 56.9 Å². The summed E-state index contributed by atoms with van der Waals surface area (Å²) in [7, 11) is 0. The van der Waals surface area contributed by atoms with Crippen LogP contribution in [0.15, 0.2) is 35.3 Å². The van der Waals surface area contributed by atoms with E-state index in [0.29, 0.717) is 12.0 Å². The molecule has 1 spiro atoms. The molecule has 4 heteroatoms. The van der Waals surface area contributed by atoms with E-state index in [1.807, 2.05) is 0 Å². The molecular weight excluding hydrogens is 310 g/mol. The van der Waals surface area contributed by atoms with Crippen molar-refractivity contribution in [2.24, 2.45) is 4.99 Å². The topological polar surface area (TPSA) is 35.9 Å². The van der Waals surface area contributed by atoms with Gasteiger partial charge in [0.1, 0.15) is 5.54 Å². The lowest BCUT2D eigenvalue weighted by Crippen LogP contribution is -2.58. The Labute approximate surface area is 150 Å². The van der Waals surface area contributed by atoms with Gasteiger partial charge in [-0.05, 0) is 44.1 Å². The van der Waals surface area contributed by atoms with Crippen LogP contribution in [0.4, 0.5) is 0 Å². The van der Waals surface area contributed by atoms with Crippen molar-refractivity contribution in [2.75, 3.05) is 19.6 Å². The quantitative estimate of drug-likeness (QED) is 0.846. The number of likely N-dealkylation sites (N-methyl/N-ethyl adjacent to an activating group) is 1. The average molecular weight is 339 g/mol. The van der Waals surface area contributed by atoms with Crippen LogP contribution in [-0.4, -0.2) is 53.3 Å². The van der Waals surface area contributed by atoms with E-state index in [1.165, 1.54) is 31.2 Å². The van der Waals surface area contributed by atoms with Crippen LogP contribution in [0.25, 0.3) is 0 Å². The third kappa shape index (κ3) is 2.91. The lowest BCUT2D eigenvalue weighted by Gasteiger charge is -2.48. The maximum atomic E-state index is 12.4. The van der Waals surface area contributed by atoms with E-state index in [1.54, 1.807) is 6.34 Å². The maximum Gasteiger partial charge on any atom is 0.273 e. The number of hydrogen-bond donors (Lipinski definition) is 0. The lowest BCUT2D eigenvalue weighted by molar-refractivity contribution is -0.128. The van der Waals surface area contributed by atoms with Crippen molar-refractivity contribution in [3.8, 4) is 0 Å². The molecule has 0 bridgehead atoms. The van der Waals surface area contributed by atoms with Gasteiger partial charge in [-0.3, -0.25) is 9.69 Å². The zero-order valence-electron chi connectivity index (χ0n) is 15.2. The molecule has 1 saturated heterocycles. The van der Waals surface area contributed by atoms with Crippen LogP contribution in [0.2, 0.25) is 0 Å². The van der Waals surface area contributed by atoms with E-state index in [2.05, 4.69) is 52.0 Å². The van der Waals surface area contributed by atoms with E-state index in [0.717, 1.165) is 32.5 Å². The number of rotatable bonds is 3. The molecule has 1 aromatic carbocycles. The molecule has 4 nitrogen and oxygen atoms in total. The number of amides is 1. The first kappa shape index (κ1) is 16.8. The molecule has 3 aliphatic rings. The highest BCUT2D eigenvalue weighted by Gasteiger charge is 2.49. The molecule has 1 aromatic rings. The number of carbonyl (C=O) groups excluding carboxylic acids is 1. The minimum absolute atomic E-state index is 0.0808. The first-order chi connectivity index (χ1) is 12.2. The van der Waals surface area contributed by atoms with Crippen LogP contribution in [-0.2, 0) is 4.79 Å². The van der Waals surface area contributed by atoms with Gasteiger partial charge in [0.2, 0.25) is 0 Å². The van der Waals surface area contributed by atoms with Crippen molar-refractivity contribution in [1.82, 2.24) is 9.80 Å². The van der Waals surface area contributed by atoms with Gasteiger partial charge in [0.15, 0.2) is 0 Å². The predicted octanol–water partition coefficient (Wildman–Crippen LogP) is 3.44. The third-order valence-electron chi connectivity index (χ3n) is 6.65. The van der Waals surface area contributed by atoms with Crippen LogP contribution >= 0.6 is 0 Å². The number of carbonyl (C=O) groups is 1. The summed E-state index contributed by atoms with van der Waals surface area (Å²) in [6.07, 6.45) is 8.84. The predicted molar refractivity (Wildman–Crippen MR) is 101 cm³/mol. The largest absolute Gasteiger partial charge is 0.348 e. The molecule has 1 aliphatic carbocycles. The smallest absolute Gasteiger partial charge is 0.273 e. The van der Waals surface area contributed by atoms with Crippen LogP contribution in [0, 0.1) is 0 Å². The zero-order chi connectivity index (χ0) is 17.3. The monoisotopic (exact) mass is 339 g/mol. The highest BCUT2D eigenvalue weighted by Crippen LogP contribution is 2.40. The molecular formula is C21H29N3O. The minimum atomic E-state index is -0.345. The molecule has 2 heterocycles. The van der Waals surface area contributed by atoms with Gasteiger partial charge in [0.05, 0.1) is 6.34 Å². The fraction of sp³-hybridized carbons (Fsp3) is 0.619. The Morgan fingerprint density at radius 1 is 1.12 bits per heavy atom. The van der Waals surface area contributed by atoms with Gasteiger partial charge in [-0.25, -0.2) is 4.99 Å². The average Bonchev–Trinajstić information content (AvgIpc) is 2.98. The Balaban J connectivity index is 1.48. The number of likely N-dealkylation sites (tertiary alicyclic amines) is 1. The summed E-state index contributed by atoms with van der Waals surface area (Å²) in [4.78, 5) is 21.4. The SMILES string of the molecule is CCN1C=NC(=O)C12CCN(C1CCCCC1c1ccccc1)CC2. The van der Waals surface area contributed by atoms with Crippen molar-refractivity contribution in [1.29, 1.82) is 0 Å². The second-order valence-electron chi connectivity index (χ2n) is 7.77. The first-order valence-corrected chi connectivity index (χ1v) is 9.89. The van der Waals surface area contributed by atoms with Gasteiger partial charge in [-0.15, -0.1) is 0 Å². The number of nitrogens with zero attached hydrogens (tertiary/aromatic N) is 3. The minimum Gasteiger partial charge on any atom is -0.348 e. The fourth-order valence-electron chi connectivity index (χ4n) is 5.22. The van der Waals surface area contributed by atoms with E-state index < -0.39 is 0 Å². The highest BCUT2D eigenvalue weighted by atomic mass is 16.2. The Kier molecular flexibility index (Phi) is 4.63. The van der Waals surface area contributed by atoms with Gasteiger partial charge in [0.25, 0.3) is 5.91 Å². The second kappa shape index (κ2) is 6.91. The molecule has 2 unspecified atom stereocenters. The van der Waals surface area contributed by atoms with E-state index in [4.69, 9.17) is 0 Å². The number of aliphatic imine (C=N–C) groups is 1. The van der Waals surface area contributed by atoms with E-state index >= 15 is 0 Å². The molecule has 2 fully saturated rings. The molecule has 134 valence electrons. The number of hydrogen-bond acceptors (Lipinski definition) is 3. The van der Waals surface area contributed by atoms with Crippen molar-refractivity contribution >= 4 is 12.2 Å². The molecule has 0 radical (unpaired) electrons. The van der Waals surface area contributed by atoms with Crippen molar-refractivity contribution < 1.29 is 4.79 Å². The Bertz CT molecular complexity index is 634. The summed E-state index contributed by atoms with van der Waals surface area (Å²) in [6, 6.07) is 11.7. The fourth-order valence-corrected chi connectivity index (χ4v) is 5.22. The summed E-state index contributed by atoms with van der Waals surface area (Å²) in [5.41, 5.74) is 1.14. The Morgan fingerprint density at radius 3 is 2.56 bits per heavy atom. The molecule has 4 rings (SSSR count). The Hall–Kier alpha value is -1.68. The van der Waals surface area contributed by atoms with Gasteiger partial charge in [0, 0.05) is 25.7 Å². The van der Waals surface area contributed by atoms with Gasteiger partial charge < -0.3 is 4.90 Å². The standard InChI is InChI=1S/C21H29N3O/c1-2-24-16-22-20(25)21(24)12-14-23(15-13-21)19-11-7-6-10-18(19)17-8-4-3-5-9-17/h3-5,8-9,16,18-19H,2,6-7,10-15H2,1H3. The van der Waals surface area contributed by atoms with Gasteiger partial charge >= 0.3 is 0 Å². The first-order valence-electron chi connectivity index (χ1n) is 9.89. The normalized spacial score (nSPS) is 29.5. The van der Waals surface area contributed by atoms with Crippen molar-refractivity contribution in [3.05, 3.63) is 35.9 Å². The van der Waals surface area contributed by atoms with E-state index in [9.17, 15) is 4.79 Å². The number of piperidine rings is 1. The van der Waals surface area contributed by atoms with E-state index in [-0.39, 0.29) is 11.4 Å². The molecule has 25 heavy (non-hydrogen) atoms. The van der Waals surface area contributed by atoms with Crippen molar-refractivity contribution in [3.63, 3.8) is 0 Å². The zero-order valence-corrected chi connectivity index (χ0v) is 15.2. The highest BCUT2D eigenvalue weighted by molar-refractivity contribution is 5.98. The Morgan fingerprint density at radius 2 is 1.84 bits per heavy atom. The van der Waals surface area contributed by atoms with Gasteiger partial charge in [-0.2, -0.15) is 0 Å². The molecule has 1 amide bonds. The lowest BCUT2D eigenvalue weighted by atomic mass is 9.77. The van der Waals surface area contributed by atoms with Crippen LogP contribution < -0.4 is 0 Å². The summed E-state index contributed by atoms with van der Waals surface area (Å²) in [6.45, 7) is 5.01. The molecule has 0 aromatic heterocycles. The molecule has 0 N–H and O–H groups in total. The summed E-state index contributed by atoms with van der Waals surface area (Å²) >= 11 is 0. The van der Waals surface area contributed by atoms with Crippen molar-refractivity contribution in [2.45, 2.75) is 62.9 Å².